The summed E-state index contributed by atoms with van der Waals surface area (Å²) in [5, 5.41) is 21.6. The number of rotatable bonds is 8. The molecule has 7 nitrogen and oxygen atoms in total. The van der Waals surface area contributed by atoms with Crippen molar-refractivity contribution >= 4 is 28.7 Å². The summed E-state index contributed by atoms with van der Waals surface area (Å²) in [5.74, 6) is -0.817. The molecule has 0 unspecified atom stereocenters. The number of hydrogen-bond donors (Lipinski definition) is 3. The van der Waals surface area contributed by atoms with Crippen molar-refractivity contribution in [3.05, 3.63) is 113 Å². The number of amides is 1. The molecule has 0 fully saturated rings. The predicted octanol–water partition coefficient (Wildman–Crippen LogP) is 5.10. The minimum Gasteiger partial charge on any atom is -0.508 e. The number of aromatic nitrogens is 1. The normalized spacial score (nSPS) is 15.8. The largest absolute Gasteiger partial charge is 0.508 e. The molecule has 1 atom stereocenters. The Bertz CT molecular complexity index is 1520. The maximum atomic E-state index is 13.3. The standard InChI is InChI=1S/C30H26N2O5/c1-37-23-12-13-25-24(17-23)21(18-31-25)15-16-32-28(20-8-10-22(33)11-9-20)27(29(35)30(32)36)26(34)14-7-19-5-3-2-4-6-19/h2-14,17-18,28,31,33,35H,15-16H2,1H3/b14-7+/t28-/m1/s1. The van der Waals surface area contributed by atoms with Gasteiger partial charge in [0.25, 0.3) is 5.91 Å². The Morgan fingerprint density at radius 3 is 2.54 bits per heavy atom. The summed E-state index contributed by atoms with van der Waals surface area (Å²) in [5.41, 5.74) is 3.39. The van der Waals surface area contributed by atoms with Gasteiger partial charge in [0.1, 0.15) is 11.5 Å². The number of fused-ring (bicyclic) bond motifs is 1. The van der Waals surface area contributed by atoms with Crippen molar-refractivity contribution in [3.63, 3.8) is 0 Å². The minimum absolute atomic E-state index is 0.0171. The minimum atomic E-state index is -0.791. The number of aliphatic hydroxyl groups excluding tert-OH is 1. The molecule has 1 amide bonds. The van der Waals surface area contributed by atoms with Gasteiger partial charge in [0.2, 0.25) is 0 Å². The monoisotopic (exact) mass is 494 g/mol. The second kappa shape index (κ2) is 10.1. The molecular formula is C30H26N2O5. The molecular weight excluding hydrogens is 468 g/mol. The van der Waals surface area contributed by atoms with Crippen LogP contribution in [0.1, 0.15) is 22.7 Å². The number of ketones is 1. The summed E-state index contributed by atoms with van der Waals surface area (Å²) in [4.78, 5) is 31.3. The van der Waals surface area contributed by atoms with Crippen molar-refractivity contribution < 1.29 is 24.5 Å². The lowest BCUT2D eigenvalue weighted by Gasteiger charge is -2.26. The Labute approximate surface area is 213 Å². The summed E-state index contributed by atoms with van der Waals surface area (Å²) >= 11 is 0. The van der Waals surface area contributed by atoms with Crippen LogP contribution in [0, 0.1) is 0 Å². The molecule has 0 saturated carbocycles. The number of ether oxygens (including phenoxy) is 1. The maximum Gasteiger partial charge on any atom is 0.290 e. The van der Waals surface area contributed by atoms with Gasteiger partial charge in [-0.15, -0.1) is 0 Å². The molecule has 2 heterocycles. The van der Waals surface area contributed by atoms with Gasteiger partial charge in [-0.05, 0) is 59.5 Å². The highest BCUT2D eigenvalue weighted by Crippen LogP contribution is 2.39. The van der Waals surface area contributed by atoms with Gasteiger partial charge in [-0.3, -0.25) is 9.59 Å². The van der Waals surface area contributed by atoms with Crippen LogP contribution in [0.5, 0.6) is 11.5 Å². The van der Waals surface area contributed by atoms with E-state index < -0.39 is 23.5 Å². The van der Waals surface area contributed by atoms with Gasteiger partial charge in [-0.25, -0.2) is 0 Å². The topological polar surface area (TPSA) is 103 Å². The fraction of sp³-hybridized carbons (Fsp3) is 0.133. The molecule has 186 valence electrons. The van der Waals surface area contributed by atoms with Crippen LogP contribution in [-0.2, 0) is 16.0 Å². The fourth-order valence-corrected chi connectivity index (χ4v) is 4.70. The third-order valence-corrected chi connectivity index (χ3v) is 6.60. The van der Waals surface area contributed by atoms with E-state index in [1.807, 2.05) is 54.7 Å². The van der Waals surface area contributed by atoms with Crippen LogP contribution in [0.15, 0.2) is 96.4 Å². The number of aromatic hydroxyl groups is 1. The summed E-state index contributed by atoms with van der Waals surface area (Å²) in [6.07, 6.45) is 5.41. The van der Waals surface area contributed by atoms with Gasteiger partial charge in [-0.1, -0.05) is 48.5 Å². The number of carbonyl (C=O) groups excluding carboxylic acids is 2. The first-order valence-corrected chi connectivity index (χ1v) is 11.9. The van der Waals surface area contributed by atoms with Gasteiger partial charge in [-0.2, -0.15) is 0 Å². The number of nitrogens with one attached hydrogen (secondary N) is 1. The first-order chi connectivity index (χ1) is 18.0. The van der Waals surface area contributed by atoms with E-state index in [1.54, 1.807) is 25.3 Å². The van der Waals surface area contributed by atoms with E-state index >= 15 is 0 Å². The lowest BCUT2D eigenvalue weighted by molar-refractivity contribution is -0.129. The molecule has 1 aliphatic rings. The van der Waals surface area contributed by atoms with Crippen molar-refractivity contribution in [1.29, 1.82) is 0 Å². The number of allylic oxidation sites excluding steroid dienone is 1. The van der Waals surface area contributed by atoms with Crippen LogP contribution in [0.4, 0.5) is 0 Å². The molecule has 3 N–H and O–H groups in total. The summed E-state index contributed by atoms with van der Waals surface area (Å²) in [6.45, 7) is 0.262. The lowest BCUT2D eigenvalue weighted by Crippen LogP contribution is -2.32. The summed E-state index contributed by atoms with van der Waals surface area (Å²) < 4.78 is 5.35. The Morgan fingerprint density at radius 2 is 1.81 bits per heavy atom. The number of aliphatic hydroxyl groups is 1. The molecule has 1 aromatic heterocycles. The van der Waals surface area contributed by atoms with Gasteiger partial charge in [0, 0.05) is 23.6 Å². The zero-order valence-electron chi connectivity index (χ0n) is 20.2. The van der Waals surface area contributed by atoms with E-state index in [-0.39, 0.29) is 17.9 Å². The number of phenolic OH excluding ortho intramolecular Hbond substituents is 1. The van der Waals surface area contributed by atoms with Gasteiger partial charge in [0.05, 0.1) is 18.7 Å². The Hall–Kier alpha value is -4.78. The van der Waals surface area contributed by atoms with Crippen molar-refractivity contribution in [2.24, 2.45) is 0 Å². The summed E-state index contributed by atoms with van der Waals surface area (Å²) in [7, 11) is 1.61. The van der Waals surface area contributed by atoms with Crippen LogP contribution in [-0.4, -0.2) is 45.4 Å². The second-order valence-corrected chi connectivity index (χ2v) is 8.84. The molecule has 5 rings (SSSR count). The highest BCUT2D eigenvalue weighted by molar-refractivity contribution is 6.14. The van der Waals surface area contributed by atoms with Gasteiger partial charge >= 0.3 is 0 Å². The Kier molecular flexibility index (Phi) is 6.51. The third-order valence-electron chi connectivity index (χ3n) is 6.60. The van der Waals surface area contributed by atoms with Crippen LogP contribution < -0.4 is 4.74 Å². The highest BCUT2D eigenvalue weighted by Gasteiger charge is 2.42. The van der Waals surface area contributed by atoms with Gasteiger partial charge < -0.3 is 24.8 Å². The highest BCUT2D eigenvalue weighted by atomic mass is 16.5. The number of carbonyl (C=O) groups is 2. The molecule has 0 saturated heterocycles. The zero-order chi connectivity index (χ0) is 25.9. The number of phenols is 1. The first kappa shape index (κ1) is 23.9. The molecule has 0 aliphatic carbocycles. The average Bonchev–Trinajstić information content (AvgIpc) is 3.44. The van der Waals surface area contributed by atoms with E-state index in [4.69, 9.17) is 4.74 Å². The predicted molar refractivity (Wildman–Crippen MR) is 141 cm³/mol. The van der Waals surface area contributed by atoms with Crippen molar-refractivity contribution in [1.82, 2.24) is 9.88 Å². The second-order valence-electron chi connectivity index (χ2n) is 8.84. The Balaban J connectivity index is 1.46. The smallest absolute Gasteiger partial charge is 0.290 e. The summed E-state index contributed by atoms with van der Waals surface area (Å²) in [6, 6.07) is 20.6. The molecule has 37 heavy (non-hydrogen) atoms. The Morgan fingerprint density at radius 1 is 1.05 bits per heavy atom. The van der Waals surface area contributed by atoms with Crippen molar-refractivity contribution in [2.75, 3.05) is 13.7 Å². The lowest BCUT2D eigenvalue weighted by atomic mass is 9.95. The van der Waals surface area contributed by atoms with Gasteiger partial charge in [0.15, 0.2) is 11.5 Å². The van der Waals surface area contributed by atoms with Crippen LogP contribution in [0.25, 0.3) is 17.0 Å². The fourth-order valence-electron chi connectivity index (χ4n) is 4.70. The maximum absolute atomic E-state index is 13.3. The van der Waals surface area contributed by atoms with E-state index in [0.717, 1.165) is 27.8 Å². The number of hydrogen-bond acceptors (Lipinski definition) is 5. The molecule has 0 spiro atoms. The number of benzene rings is 3. The molecule has 4 aromatic rings. The molecule has 0 radical (unpaired) electrons. The van der Waals surface area contributed by atoms with E-state index in [2.05, 4.69) is 4.98 Å². The molecule has 7 heteroatoms. The van der Waals surface area contributed by atoms with Crippen LogP contribution in [0.3, 0.4) is 0 Å². The van der Waals surface area contributed by atoms with E-state index in [0.29, 0.717) is 12.0 Å². The SMILES string of the molecule is COc1ccc2[nH]cc(CCN3C(=O)C(O)=C(C(=O)/C=C/c4ccccc4)[C@H]3c3ccc(O)cc3)c2c1. The quantitative estimate of drug-likeness (QED) is 0.296. The average molecular weight is 495 g/mol. The number of nitrogens with zero attached hydrogens (tertiary/aromatic N) is 1. The van der Waals surface area contributed by atoms with Crippen LogP contribution in [0.2, 0.25) is 0 Å². The van der Waals surface area contributed by atoms with Crippen molar-refractivity contribution in [3.8, 4) is 11.5 Å². The number of H-pyrrole nitrogens is 1. The number of aromatic amines is 1. The zero-order valence-corrected chi connectivity index (χ0v) is 20.2. The molecule has 3 aromatic carbocycles. The first-order valence-electron chi connectivity index (χ1n) is 11.9. The third kappa shape index (κ3) is 4.71. The van der Waals surface area contributed by atoms with Crippen molar-refractivity contribution in [2.45, 2.75) is 12.5 Å². The number of methoxy groups -OCH3 is 1. The van der Waals surface area contributed by atoms with E-state index in [9.17, 15) is 19.8 Å². The van der Waals surface area contributed by atoms with Crippen LogP contribution >= 0.6 is 0 Å². The molecule has 0 bridgehead atoms. The molecule has 1 aliphatic heterocycles. The van der Waals surface area contributed by atoms with E-state index in [1.165, 1.54) is 23.1 Å².